The predicted octanol–water partition coefficient (Wildman–Crippen LogP) is -0.397. The Morgan fingerprint density at radius 1 is 1.32 bits per heavy atom. The lowest BCUT2D eigenvalue weighted by molar-refractivity contribution is -0.155. The normalized spacial score (nSPS) is 22.0. The van der Waals surface area contributed by atoms with Crippen molar-refractivity contribution in [2.24, 2.45) is 0 Å². The number of ether oxygens (including phenoxy) is 1. The maximum absolute atomic E-state index is 12.2. The maximum Gasteiger partial charge on any atom is 0.332 e. The van der Waals surface area contributed by atoms with E-state index in [1.165, 1.54) is 11.9 Å². The van der Waals surface area contributed by atoms with Gasteiger partial charge in [-0.2, -0.15) is 0 Å². The summed E-state index contributed by atoms with van der Waals surface area (Å²) in [5.74, 6) is -1.62. The summed E-state index contributed by atoms with van der Waals surface area (Å²) in [6.45, 7) is 2.32. The van der Waals surface area contributed by atoms with Crippen LogP contribution in [0.15, 0.2) is 0 Å². The summed E-state index contributed by atoms with van der Waals surface area (Å²) in [6.07, 6.45) is -0.248. The molecular formula is C12H20N2O5. The first-order valence-electron chi connectivity index (χ1n) is 6.37. The highest BCUT2D eigenvalue weighted by Crippen LogP contribution is 2.21. The number of nitrogens with zero attached hydrogens (tertiary/aromatic N) is 1. The van der Waals surface area contributed by atoms with E-state index in [4.69, 9.17) is 9.84 Å². The van der Waals surface area contributed by atoms with Crippen LogP contribution in [0.3, 0.4) is 0 Å². The van der Waals surface area contributed by atoms with Crippen LogP contribution < -0.4 is 5.32 Å². The molecule has 2 amide bonds. The van der Waals surface area contributed by atoms with Crippen LogP contribution in [-0.2, 0) is 19.1 Å². The van der Waals surface area contributed by atoms with E-state index in [9.17, 15) is 14.4 Å². The molecule has 0 aromatic rings. The van der Waals surface area contributed by atoms with E-state index >= 15 is 0 Å². The maximum atomic E-state index is 12.2. The van der Waals surface area contributed by atoms with Gasteiger partial charge in [0, 0.05) is 13.6 Å². The number of carbonyl (C=O) groups is 3. The molecule has 0 spiro atoms. The first kappa shape index (κ1) is 15.4. The minimum absolute atomic E-state index is 0.0270. The lowest BCUT2D eigenvalue weighted by atomic mass is 10.1. The summed E-state index contributed by atoms with van der Waals surface area (Å²) < 4.78 is 5.20. The standard InChI is InChI=1S/C12H20N2O5/c1-3-6-14(7-10(15)13-2)11(16)8-4-5-9(19-8)12(17)18/h8-9H,3-7H2,1-2H3,(H,13,15)(H,17,18)/t8-,9+/m0/s1. The lowest BCUT2D eigenvalue weighted by Gasteiger charge is -2.24. The second kappa shape index (κ2) is 7.08. The zero-order valence-corrected chi connectivity index (χ0v) is 11.2. The van der Waals surface area contributed by atoms with Gasteiger partial charge in [-0.05, 0) is 19.3 Å². The van der Waals surface area contributed by atoms with E-state index in [1.807, 2.05) is 6.92 Å². The summed E-state index contributed by atoms with van der Waals surface area (Å²) in [6, 6.07) is 0. The number of rotatable bonds is 6. The first-order valence-corrected chi connectivity index (χ1v) is 6.37. The molecule has 2 atom stereocenters. The highest BCUT2D eigenvalue weighted by Gasteiger charge is 2.36. The Kier molecular flexibility index (Phi) is 5.75. The largest absolute Gasteiger partial charge is 0.479 e. The molecule has 0 aliphatic carbocycles. The molecule has 0 saturated carbocycles. The fourth-order valence-corrected chi connectivity index (χ4v) is 1.99. The number of carboxylic acid groups (broad SMARTS) is 1. The third kappa shape index (κ3) is 4.20. The van der Waals surface area contributed by atoms with Crippen molar-refractivity contribution in [1.82, 2.24) is 10.2 Å². The van der Waals surface area contributed by atoms with Crippen LogP contribution in [0.25, 0.3) is 0 Å². The first-order chi connectivity index (χ1) is 8.99. The minimum atomic E-state index is -1.05. The van der Waals surface area contributed by atoms with Gasteiger partial charge in [0.2, 0.25) is 5.91 Å². The smallest absolute Gasteiger partial charge is 0.332 e. The van der Waals surface area contributed by atoms with Crippen LogP contribution in [0.4, 0.5) is 0 Å². The molecule has 1 saturated heterocycles. The van der Waals surface area contributed by atoms with E-state index in [2.05, 4.69) is 5.32 Å². The van der Waals surface area contributed by atoms with E-state index < -0.39 is 18.2 Å². The SMILES string of the molecule is CCCN(CC(=O)NC)C(=O)[C@@H]1CC[C@H](C(=O)O)O1. The molecule has 7 nitrogen and oxygen atoms in total. The highest BCUT2D eigenvalue weighted by molar-refractivity contribution is 5.87. The quantitative estimate of drug-likeness (QED) is 0.686. The molecule has 1 aliphatic rings. The fraction of sp³-hybridized carbons (Fsp3) is 0.750. The molecule has 0 bridgehead atoms. The molecule has 7 heteroatoms. The number of nitrogens with one attached hydrogen (secondary N) is 1. The molecule has 0 aromatic heterocycles. The molecule has 2 N–H and O–H groups in total. The lowest BCUT2D eigenvalue weighted by Crippen LogP contribution is -2.45. The van der Waals surface area contributed by atoms with Gasteiger partial charge in [-0.15, -0.1) is 0 Å². The van der Waals surface area contributed by atoms with Crippen molar-refractivity contribution in [2.45, 2.75) is 38.4 Å². The summed E-state index contributed by atoms with van der Waals surface area (Å²) in [7, 11) is 1.50. The molecule has 108 valence electrons. The molecular weight excluding hydrogens is 252 g/mol. The molecule has 19 heavy (non-hydrogen) atoms. The number of amides is 2. The Labute approximate surface area is 111 Å². The van der Waals surface area contributed by atoms with Gasteiger partial charge < -0.3 is 20.1 Å². The average molecular weight is 272 g/mol. The Balaban J connectivity index is 2.61. The second-order valence-electron chi connectivity index (χ2n) is 4.46. The van der Waals surface area contributed by atoms with Crippen molar-refractivity contribution in [1.29, 1.82) is 0 Å². The van der Waals surface area contributed by atoms with Gasteiger partial charge in [-0.1, -0.05) is 6.92 Å². The Morgan fingerprint density at radius 2 is 1.95 bits per heavy atom. The van der Waals surface area contributed by atoms with E-state index in [1.54, 1.807) is 0 Å². The fourth-order valence-electron chi connectivity index (χ4n) is 1.99. The molecule has 0 unspecified atom stereocenters. The van der Waals surface area contributed by atoms with Crippen LogP contribution >= 0.6 is 0 Å². The minimum Gasteiger partial charge on any atom is -0.479 e. The number of aliphatic carboxylic acids is 1. The number of hydrogen-bond donors (Lipinski definition) is 2. The van der Waals surface area contributed by atoms with Gasteiger partial charge in [0.15, 0.2) is 6.10 Å². The summed E-state index contributed by atoms with van der Waals surface area (Å²) in [5, 5.41) is 11.3. The van der Waals surface area contributed by atoms with Crippen LogP contribution in [0, 0.1) is 0 Å². The van der Waals surface area contributed by atoms with Gasteiger partial charge >= 0.3 is 5.97 Å². The molecule has 1 heterocycles. The van der Waals surface area contributed by atoms with E-state index in [0.717, 1.165) is 6.42 Å². The zero-order valence-electron chi connectivity index (χ0n) is 11.2. The van der Waals surface area contributed by atoms with Crippen molar-refractivity contribution < 1.29 is 24.2 Å². The van der Waals surface area contributed by atoms with E-state index in [-0.39, 0.29) is 18.4 Å². The number of carbonyl (C=O) groups excluding carboxylic acids is 2. The third-order valence-corrected chi connectivity index (χ3v) is 2.99. The van der Waals surface area contributed by atoms with Crippen LogP contribution in [0.1, 0.15) is 26.2 Å². The Bertz CT molecular complexity index is 358. The van der Waals surface area contributed by atoms with Crippen molar-refractivity contribution in [3.63, 3.8) is 0 Å². The van der Waals surface area contributed by atoms with Crippen LogP contribution in [-0.4, -0.2) is 60.1 Å². The highest BCUT2D eigenvalue weighted by atomic mass is 16.5. The Hall–Kier alpha value is -1.63. The van der Waals surface area contributed by atoms with Crippen molar-refractivity contribution in [2.75, 3.05) is 20.1 Å². The van der Waals surface area contributed by atoms with Crippen LogP contribution in [0.5, 0.6) is 0 Å². The van der Waals surface area contributed by atoms with Gasteiger partial charge in [0.05, 0.1) is 6.54 Å². The van der Waals surface area contributed by atoms with Gasteiger partial charge in [-0.3, -0.25) is 9.59 Å². The van der Waals surface area contributed by atoms with Crippen LogP contribution in [0.2, 0.25) is 0 Å². The molecule has 1 aliphatic heterocycles. The monoisotopic (exact) mass is 272 g/mol. The summed E-state index contributed by atoms with van der Waals surface area (Å²) >= 11 is 0. The number of likely N-dealkylation sites (N-methyl/N-ethyl adjacent to an activating group) is 1. The topological polar surface area (TPSA) is 95.9 Å². The van der Waals surface area contributed by atoms with E-state index in [0.29, 0.717) is 19.4 Å². The predicted molar refractivity (Wildman–Crippen MR) is 66.5 cm³/mol. The number of carboxylic acids is 1. The Morgan fingerprint density at radius 3 is 2.42 bits per heavy atom. The molecule has 0 radical (unpaired) electrons. The van der Waals surface area contributed by atoms with Gasteiger partial charge in [0.25, 0.3) is 5.91 Å². The molecule has 1 rings (SSSR count). The molecule has 1 fully saturated rings. The average Bonchev–Trinajstić information content (AvgIpc) is 2.86. The number of hydrogen-bond acceptors (Lipinski definition) is 4. The van der Waals surface area contributed by atoms with Crippen molar-refractivity contribution in [3.05, 3.63) is 0 Å². The third-order valence-electron chi connectivity index (χ3n) is 2.99. The second-order valence-corrected chi connectivity index (χ2v) is 4.46. The summed E-state index contributed by atoms with van der Waals surface area (Å²) in [4.78, 5) is 35.7. The zero-order chi connectivity index (χ0) is 14.4. The van der Waals surface area contributed by atoms with Gasteiger partial charge in [0.1, 0.15) is 6.10 Å². The molecule has 0 aromatic carbocycles. The summed E-state index contributed by atoms with van der Waals surface area (Å²) in [5.41, 5.74) is 0. The van der Waals surface area contributed by atoms with Gasteiger partial charge in [-0.25, -0.2) is 4.79 Å². The van der Waals surface area contributed by atoms with Crippen molar-refractivity contribution in [3.8, 4) is 0 Å². The van der Waals surface area contributed by atoms with Crippen molar-refractivity contribution >= 4 is 17.8 Å².